The van der Waals surface area contributed by atoms with Crippen LogP contribution in [0.1, 0.15) is 18.2 Å². The molecule has 0 saturated heterocycles. The minimum Gasteiger partial charge on any atom is -0.246 e. The maximum absolute atomic E-state index is 9.55. The first-order chi connectivity index (χ1) is 24.2. The van der Waals surface area contributed by atoms with Gasteiger partial charge in [-0.1, -0.05) is 127 Å². The first-order valence-corrected chi connectivity index (χ1v) is 16.2. The topological polar surface area (TPSA) is 60.5 Å². The Hall–Kier alpha value is -6.81. The van der Waals surface area contributed by atoms with Crippen LogP contribution in [0.3, 0.4) is 0 Å². The van der Waals surface area contributed by atoms with Crippen molar-refractivity contribution in [1.82, 2.24) is 4.98 Å². The van der Waals surface area contributed by atoms with E-state index in [-0.39, 0.29) is 0 Å². The van der Waals surface area contributed by atoms with Gasteiger partial charge in [0.25, 0.3) is 0 Å². The van der Waals surface area contributed by atoms with E-state index < -0.39 is 0 Å². The molecular formula is C46H31N3. The van der Waals surface area contributed by atoms with Gasteiger partial charge in [-0.15, -0.1) is 0 Å². The van der Waals surface area contributed by atoms with Crippen molar-refractivity contribution >= 4 is 16.3 Å². The molecule has 6 aromatic carbocycles. The molecule has 230 valence electrons. The summed E-state index contributed by atoms with van der Waals surface area (Å²) in [7, 11) is 0. The average Bonchev–Trinajstić information content (AvgIpc) is 3.18. The molecule has 0 fully saturated rings. The van der Waals surface area contributed by atoms with Gasteiger partial charge < -0.3 is 0 Å². The van der Waals surface area contributed by atoms with E-state index in [9.17, 15) is 10.5 Å². The Morgan fingerprint density at radius 1 is 0.531 bits per heavy atom. The number of rotatable bonds is 7. The number of fused-ring (bicyclic) bond motifs is 1. The van der Waals surface area contributed by atoms with Gasteiger partial charge in [-0.3, -0.25) is 0 Å². The van der Waals surface area contributed by atoms with Crippen LogP contribution < -0.4 is 0 Å². The van der Waals surface area contributed by atoms with Gasteiger partial charge in [0.1, 0.15) is 11.8 Å². The SMILES string of the molecule is C/C=C(\C=C/C#N)c1cccc(-c2c(-c3ccccc3)c(-c3ccccc3)c(-c3cccc(-c4ccnc(C#N)c4)c3)c3ccccc23)c1. The Labute approximate surface area is 287 Å². The Bertz CT molecular complexity index is 2460. The zero-order chi connectivity index (χ0) is 33.6. The number of hydrogen-bond acceptors (Lipinski definition) is 3. The lowest BCUT2D eigenvalue weighted by Crippen LogP contribution is -1.98. The van der Waals surface area contributed by atoms with E-state index in [1.807, 2.05) is 31.2 Å². The zero-order valence-corrected chi connectivity index (χ0v) is 27.0. The molecule has 1 heterocycles. The molecule has 7 rings (SSSR count). The number of hydrogen-bond donors (Lipinski definition) is 0. The van der Waals surface area contributed by atoms with Crippen LogP contribution in [0.5, 0.6) is 0 Å². The highest BCUT2D eigenvalue weighted by atomic mass is 14.7. The van der Waals surface area contributed by atoms with E-state index in [0.29, 0.717) is 5.69 Å². The Morgan fingerprint density at radius 2 is 1.06 bits per heavy atom. The smallest absolute Gasteiger partial charge is 0.141 e. The third kappa shape index (κ3) is 6.06. The second kappa shape index (κ2) is 13.9. The normalized spacial score (nSPS) is 11.4. The minimum atomic E-state index is 0.389. The summed E-state index contributed by atoms with van der Waals surface area (Å²) in [6.07, 6.45) is 7.12. The molecule has 3 heteroatoms. The molecule has 0 amide bonds. The van der Waals surface area contributed by atoms with Gasteiger partial charge in [0.15, 0.2) is 0 Å². The van der Waals surface area contributed by atoms with Gasteiger partial charge in [-0.2, -0.15) is 10.5 Å². The molecule has 0 aliphatic rings. The quantitative estimate of drug-likeness (QED) is 0.131. The summed E-state index contributed by atoms with van der Waals surface area (Å²) in [5.74, 6) is 0. The van der Waals surface area contributed by atoms with Crippen molar-refractivity contribution in [1.29, 1.82) is 10.5 Å². The van der Waals surface area contributed by atoms with Crippen LogP contribution in [-0.4, -0.2) is 4.98 Å². The molecule has 0 atom stereocenters. The average molecular weight is 626 g/mol. The zero-order valence-electron chi connectivity index (χ0n) is 27.0. The van der Waals surface area contributed by atoms with Crippen molar-refractivity contribution in [3.8, 4) is 67.8 Å². The minimum absolute atomic E-state index is 0.389. The summed E-state index contributed by atoms with van der Waals surface area (Å²) < 4.78 is 0. The van der Waals surface area contributed by atoms with Gasteiger partial charge in [0.2, 0.25) is 0 Å². The van der Waals surface area contributed by atoms with Crippen LogP contribution >= 0.6 is 0 Å². The number of benzene rings is 6. The second-order valence-corrected chi connectivity index (χ2v) is 11.7. The summed E-state index contributed by atoms with van der Waals surface area (Å²) >= 11 is 0. The number of nitrogens with zero attached hydrogens (tertiary/aromatic N) is 3. The summed E-state index contributed by atoms with van der Waals surface area (Å²) in [6.45, 7) is 2.00. The van der Waals surface area contributed by atoms with Crippen molar-refractivity contribution in [2.45, 2.75) is 6.92 Å². The van der Waals surface area contributed by atoms with Crippen molar-refractivity contribution < 1.29 is 0 Å². The third-order valence-corrected chi connectivity index (χ3v) is 8.83. The third-order valence-electron chi connectivity index (χ3n) is 8.83. The van der Waals surface area contributed by atoms with Gasteiger partial charge in [0, 0.05) is 12.3 Å². The van der Waals surface area contributed by atoms with Crippen LogP contribution in [0.4, 0.5) is 0 Å². The highest BCUT2D eigenvalue weighted by Gasteiger charge is 2.24. The summed E-state index contributed by atoms with van der Waals surface area (Å²) in [6, 6.07) is 55.2. The van der Waals surface area contributed by atoms with Crippen LogP contribution in [-0.2, 0) is 0 Å². The second-order valence-electron chi connectivity index (χ2n) is 11.7. The van der Waals surface area contributed by atoms with Gasteiger partial charge in [0.05, 0.1) is 6.07 Å². The molecule has 0 spiro atoms. The lowest BCUT2D eigenvalue weighted by atomic mass is 9.78. The molecule has 0 radical (unpaired) electrons. The number of nitriles is 2. The fourth-order valence-electron chi connectivity index (χ4n) is 6.69. The monoisotopic (exact) mass is 625 g/mol. The van der Waals surface area contributed by atoms with E-state index in [1.54, 1.807) is 6.20 Å². The molecule has 3 nitrogen and oxygen atoms in total. The molecular weight excluding hydrogens is 595 g/mol. The van der Waals surface area contributed by atoms with Crippen molar-refractivity contribution in [2.24, 2.45) is 0 Å². The summed E-state index contributed by atoms with van der Waals surface area (Å²) in [5.41, 5.74) is 13.4. The number of pyridine rings is 1. The maximum Gasteiger partial charge on any atom is 0.141 e. The lowest BCUT2D eigenvalue weighted by molar-refractivity contribution is 1.26. The largest absolute Gasteiger partial charge is 0.246 e. The predicted octanol–water partition coefficient (Wildman–Crippen LogP) is 11.9. The highest BCUT2D eigenvalue weighted by molar-refractivity contribution is 6.18. The standard InChI is InChI=1S/C46H31N3/c1-2-32(22-13-26-47)35-18-11-20-38(28-35)43-41-23-9-10-24-42(41)44(39-21-12-19-36(29-39)37-25-27-49-40(30-37)31-48)46(34-16-7-4-8-17-34)45(43)33-14-5-3-6-15-33/h2-25,27-30H,1H3/b22-13-,32-2+. The van der Waals surface area contributed by atoms with Crippen molar-refractivity contribution in [3.05, 3.63) is 181 Å². The first-order valence-electron chi connectivity index (χ1n) is 16.2. The van der Waals surface area contributed by atoms with Gasteiger partial charge in [-0.05, 0) is 115 Å². The van der Waals surface area contributed by atoms with Crippen molar-refractivity contribution in [2.75, 3.05) is 0 Å². The lowest BCUT2D eigenvalue weighted by Gasteiger charge is -2.24. The molecule has 0 aliphatic carbocycles. The molecule has 0 bridgehead atoms. The summed E-state index contributed by atoms with van der Waals surface area (Å²) in [4.78, 5) is 4.20. The molecule has 0 aliphatic heterocycles. The van der Waals surface area contributed by atoms with Crippen LogP contribution in [0.2, 0.25) is 0 Å². The molecule has 0 N–H and O–H groups in total. The Kier molecular flexibility index (Phi) is 8.74. The number of allylic oxidation sites excluding steroid dienone is 4. The van der Waals surface area contributed by atoms with E-state index in [2.05, 4.69) is 151 Å². The fraction of sp³-hybridized carbons (Fsp3) is 0.0217. The number of aromatic nitrogens is 1. The first kappa shape index (κ1) is 30.8. The van der Waals surface area contributed by atoms with Crippen LogP contribution in [0, 0.1) is 22.7 Å². The van der Waals surface area contributed by atoms with E-state index in [4.69, 9.17) is 0 Å². The summed E-state index contributed by atoms with van der Waals surface area (Å²) in [5, 5.41) is 21.1. The van der Waals surface area contributed by atoms with E-state index >= 15 is 0 Å². The molecule has 0 unspecified atom stereocenters. The van der Waals surface area contributed by atoms with Crippen LogP contribution in [0.15, 0.2) is 170 Å². The van der Waals surface area contributed by atoms with E-state index in [1.165, 1.54) is 6.08 Å². The van der Waals surface area contributed by atoms with E-state index in [0.717, 1.165) is 77.5 Å². The fourth-order valence-corrected chi connectivity index (χ4v) is 6.69. The molecule has 7 aromatic rings. The van der Waals surface area contributed by atoms with Gasteiger partial charge >= 0.3 is 0 Å². The van der Waals surface area contributed by atoms with Crippen LogP contribution in [0.25, 0.3) is 72.0 Å². The van der Waals surface area contributed by atoms with Crippen molar-refractivity contribution in [3.63, 3.8) is 0 Å². The van der Waals surface area contributed by atoms with Gasteiger partial charge in [-0.25, -0.2) is 4.98 Å². The Balaban J connectivity index is 1.62. The molecule has 49 heavy (non-hydrogen) atoms. The highest BCUT2D eigenvalue weighted by Crippen LogP contribution is 2.51. The maximum atomic E-state index is 9.55. The molecule has 1 aromatic heterocycles. The predicted molar refractivity (Wildman–Crippen MR) is 202 cm³/mol. The Morgan fingerprint density at radius 3 is 1.65 bits per heavy atom. The molecule has 0 saturated carbocycles.